The largest absolute Gasteiger partial charge is 0.341 e. The van der Waals surface area contributed by atoms with E-state index in [-0.39, 0.29) is 6.04 Å². The molecule has 1 saturated heterocycles. The van der Waals surface area contributed by atoms with Crippen LogP contribution in [0.4, 0.5) is 0 Å². The molecule has 0 aromatic carbocycles. The molecule has 1 N–H and O–H groups in total. The minimum Gasteiger partial charge on any atom is -0.341 e. The molecule has 1 aliphatic rings. The van der Waals surface area contributed by atoms with Crippen LogP contribution in [-0.2, 0) is 4.79 Å². The number of hydrogen-bond donors (Lipinski definition) is 1. The van der Waals surface area contributed by atoms with Crippen molar-refractivity contribution in [2.24, 2.45) is 0 Å². The fourth-order valence-electron chi connectivity index (χ4n) is 2.07. The van der Waals surface area contributed by atoms with Crippen molar-refractivity contribution in [3.05, 3.63) is 0 Å². The highest BCUT2D eigenvalue weighted by atomic mass is 32.2. The van der Waals surface area contributed by atoms with E-state index in [1.165, 1.54) is 12.2 Å². The topological polar surface area (TPSA) is 32.3 Å². The van der Waals surface area contributed by atoms with Crippen molar-refractivity contribution in [1.82, 2.24) is 10.2 Å². The monoisotopic (exact) mass is 244 g/mol. The Hall–Kier alpha value is -0.220. The molecule has 4 heteroatoms. The summed E-state index contributed by atoms with van der Waals surface area (Å²) in [6, 6.07) is 0.464. The number of nitrogens with zero attached hydrogens (tertiary/aromatic N) is 1. The van der Waals surface area contributed by atoms with Crippen molar-refractivity contribution in [1.29, 1.82) is 0 Å². The summed E-state index contributed by atoms with van der Waals surface area (Å²) in [5, 5.41) is 3.33. The van der Waals surface area contributed by atoms with Crippen LogP contribution in [0.15, 0.2) is 0 Å². The zero-order valence-electron chi connectivity index (χ0n) is 10.7. The minimum atomic E-state index is 0.0700. The SMILES string of the molecule is CSCCCCN1CCC(NC(C)C)C1=O. The zero-order chi connectivity index (χ0) is 12.0. The maximum Gasteiger partial charge on any atom is 0.239 e. The third-order valence-electron chi connectivity index (χ3n) is 2.86. The summed E-state index contributed by atoms with van der Waals surface area (Å²) in [6.07, 6.45) is 5.46. The summed E-state index contributed by atoms with van der Waals surface area (Å²) in [5.74, 6) is 1.51. The Balaban J connectivity index is 2.22. The van der Waals surface area contributed by atoms with Gasteiger partial charge in [-0.2, -0.15) is 11.8 Å². The Labute approximate surface area is 103 Å². The van der Waals surface area contributed by atoms with Crippen molar-refractivity contribution in [2.75, 3.05) is 25.1 Å². The number of likely N-dealkylation sites (tertiary alicyclic amines) is 1. The van der Waals surface area contributed by atoms with Crippen molar-refractivity contribution < 1.29 is 4.79 Å². The summed E-state index contributed by atoms with van der Waals surface area (Å²) in [5.41, 5.74) is 0. The minimum absolute atomic E-state index is 0.0700. The lowest BCUT2D eigenvalue weighted by Gasteiger charge is -2.18. The van der Waals surface area contributed by atoms with Gasteiger partial charge in [-0.1, -0.05) is 13.8 Å². The number of nitrogens with one attached hydrogen (secondary N) is 1. The lowest BCUT2D eigenvalue weighted by atomic mass is 10.2. The van der Waals surface area contributed by atoms with Gasteiger partial charge in [-0.05, 0) is 31.3 Å². The summed E-state index contributed by atoms with van der Waals surface area (Å²) in [6.45, 7) is 6.06. The fraction of sp³-hybridized carbons (Fsp3) is 0.917. The van der Waals surface area contributed by atoms with E-state index in [0.717, 1.165) is 25.9 Å². The number of hydrogen-bond acceptors (Lipinski definition) is 3. The van der Waals surface area contributed by atoms with Crippen LogP contribution in [0.25, 0.3) is 0 Å². The van der Waals surface area contributed by atoms with Gasteiger partial charge in [0.2, 0.25) is 5.91 Å². The van der Waals surface area contributed by atoms with E-state index in [4.69, 9.17) is 0 Å². The molecule has 1 rings (SSSR count). The standard InChI is InChI=1S/C12H24N2OS/c1-10(2)13-11-6-8-14(12(11)15)7-4-5-9-16-3/h10-11,13H,4-9H2,1-3H3. The fourth-order valence-corrected chi connectivity index (χ4v) is 2.56. The smallest absolute Gasteiger partial charge is 0.239 e. The molecule has 1 heterocycles. The first-order chi connectivity index (χ1) is 7.65. The molecule has 16 heavy (non-hydrogen) atoms. The van der Waals surface area contributed by atoms with Crippen LogP contribution < -0.4 is 5.32 Å². The van der Waals surface area contributed by atoms with Gasteiger partial charge in [-0.3, -0.25) is 4.79 Å². The Bertz CT molecular complexity index is 221. The maximum absolute atomic E-state index is 12.0. The predicted molar refractivity (Wildman–Crippen MR) is 70.9 cm³/mol. The quantitative estimate of drug-likeness (QED) is 0.692. The highest BCUT2D eigenvalue weighted by Gasteiger charge is 2.30. The molecule has 0 spiro atoms. The van der Waals surface area contributed by atoms with Gasteiger partial charge in [-0.15, -0.1) is 0 Å². The van der Waals surface area contributed by atoms with Crippen molar-refractivity contribution >= 4 is 17.7 Å². The average molecular weight is 244 g/mol. The molecule has 1 amide bonds. The third-order valence-corrected chi connectivity index (χ3v) is 3.56. The molecular formula is C12H24N2OS. The average Bonchev–Trinajstić information content (AvgIpc) is 2.56. The van der Waals surface area contributed by atoms with Crippen LogP contribution in [0, 0.1) is 0 Å². The van der Waals surface area contributed by atoms with Gasteiger partial charge >= 0.3 is 0 Å². The maximum atomic E-state index is 12.0. The van der Waals surface area contributed by atoms with Crippen molar-refractivity contribution in [3.8, 4) is 0 Å². The van der Waals surface area contributed by atoms with Crippen LogP contribution >= 0.6 is 11.8 Å². The molecule has 1 fully saturated rings. The van der Waals surface area contributed by atoms with E-state index in [0.29, 0.717) is 11.9 Å². The van der Waals surface area contributed by atoms with Gasteiger partial charge in [0, 0.05) is 19.1 Å². The van der Waals surface area contributed by atoms with E-state index < -0.39 is 0 Å². The van der Waals surface area contributed by atoms with Crippen LogP contribution in [0.5, 0.6) is 0 Å². The molecule has 0 aromatic heterocycles. The highest BCUT2D eigenvalue weighted by molar-refractivity contribution is 7.98. The first-order valence-corrected chi connectivity index (χ1v) is 7.58. The molecule has 0 saturated carbocycles. The van der Waals surface area contributed by atoms with Gasteiger partial charge in [0.05, 0.1) is 6.04 Å². The van der Waals surface area contributed by atoms with Gasteiger partial charge < -0.3 is 10.2 Å². The number of carbonyl (C=O) groups excluding carboxylic acids is 1. The molecule has 0 radical (unpaired) electrons. The molecule has 0 aromatic rings. The van der Waals surface area contributed by atoms with E-state index in [1.54, 1.807) is 0 Å². The molecule has 1 unspecified atom stereocenters. The van der Waals surface area contributed by atoms with Crippen LogP contribution in [0.1, 0.15) is 33.1 Å². The molecule has 1 aliphatic heterocycles. The number of amides is 1. The Morgan fingerprint density at radius 1 is 1.50 bits per heavy atom. The molecule has 1 atom stereocenters. The number of rotatable bonds is 7. The number of unbranched alkanes of at least 4 members (excludes halogenated alkanes) is 1. The summed E-state index contributed by atoms with van der Waals surface area (Å²) >= 11 is 1.88. The van der Waals surface area contributed by atoms with E-state index in [9.17, 15) is 4.79 Å². The third kappa shape index (κ3) is 4.34. The summed E-state index contributed by atoms with van der Waals surface area (Å²) in [7, 11) is 0. The zero-order valence-corrected chi connectivity index (χ0v) is 11.5. The Kier molecular flexibility index (Phi) is 6.21. The highest BCUT2D eigenvalue weighted by Crippen LogP contribution is 2.13. The lowest BCUT2D eigenvalue weighted by Crippen LogP contribution is -2.41. The second-order valence-electron chi connectivity index (χ2n) is 4.69. The van der Waals surface area contributed by atoms with Gasteiger partial charge in [0.1, 0.15) is 0 Å². The number of thioether (sulfide) groups is 1. The van der Waals surface area contributed by atoms with Gasteiger partial charge in [-0.25, -0.2) is 0 Å². The molecule has 0 aliphatic carbocycles. The van der Waals surface area contributed by atoms with Crippen LogP contribution in [-0.4, -0.2) is 48.0 Å². The molecule has 94 valence electrons. The van der Waals surface area contributed by atoms with Crippen LogP contribution in [0.3, 0.4) is 0 Å². The van der Waals surface area contributed by atoms with Crippen molar-refractivity contribution in [2.45, 2.75) is 45.2 Å². The first kappa shape index (κ1) is 13.8. The van der Waals surface area contributed by atoms with Crippen molar-refractivity contribution in [3.63, 3.8) is 0 Å². The van der Waals surface area contributed by atoms with Crippen LogP contribution in [0.2, 0.25) is 0 Å². The molecular weight excluding hydrogens is 220 g/mol. The summed E-state index contributed by atoms with van der Waals surface area (Å²) < 4.78 is 0. The lowest BCUT2D eigenvalue weighted by molar-refractivity contribution is -0.129. The van der Waals surface area contributed by atoms with E-state index in [2.05, 4.69) is 25.4 Å². The summed E-state index contributed by atoms with van der Waals surface area (Å²) in [4.78, 5) is 14.0. The normalized spacial score (nSPS) is 21.1. The van der Waals surface area contributed by atoms with E-state index in [1.807, 2.05) is 16.7 Å². The Morgan fingerprint density at radius 3 is 2.88 bits per heavy atom. The second kappa shape index (κ2) is 7.17. The van der Waals surface area contributed by atoms with Gasteiger partial charge in [0.25, 0.3) is 0 Å². The second-order valence-corrected chi connectivity index (χ2v) is 5.67. The van der Waals surface area contributed by atoms with E-state index >= 15 is 0 Å². The number of carbonyl (C=O) groups is 1. The predicted octanol–water partition coefficient (Wildman–Crippen LogP) is 1.73. The molecule has 3 nitrogen and oxygen atoms in total. The first-order valence-electron chi connectivity index (χ1n) is 6.19. The Morgan fingerprint density at radius 2 is 2.25 bits per heavy atom. The van der Waals surface area contributed by atoms with Gasteiger partial charge in [0.15, 0.2) is 0 Å². The molecule has 0 bridgehead atoms.